The molecule has 0 aliphatic rings. The summed E-state index contributed by atoms with van der Waals surface area (Å²) in [5, 5.41) is 5.09. The Morgan fingerprint density at radius 1 is 1.35 bits per heavy atom. The van der Waals surface area contributed by atoms with Crippen LogP contribution in [0.5, 0.6) is 5.75 Å². The van der Waals surface area contributed by atoms with Gasteiger partial charge in [-0.05, 0) is 12.1 Å². The normalized spacial score (nSPS) is 9.53. The van der Waals surface area contributed by atoms with Crippen molar-refractivity contribution in [3.05, 3.63) is 18.2 Å². The lowest BCUT2D eigenvalue weighted by atomic mass is 10.2. The third-order valence-electron chi connectivity index (χ3n) is 1.99. The minimum absolute atomic E-state index is 0.0490. The van der Waals surface area contributed by atoms with Crippen LogP contribution in [0.2, 0.25) is 0 Å². The van der Waals surface area contributed by atoms with Gasteiger partial charge in [0, 0.05) is 13.2 Å². The predicted octanol–water partition coefficient (Wildman–Crippen LogP) is 0.848. The Morgan fingerprint density at radius 2 is 2.12 bits per heavy atom. The van der Waals surface area contributed by atoms with Crippen LogP contribution in [0.25, 0.3) is 0 Å². The number of methoxy groups -OCH3 is 2. The smallest absolute Gasteiger partial charge is 0.250 e. The Labute approximate surface area is 98.9 Å². The van der Waals surface area contributed by atoms with Gasteiger partial charge in [0.2, 0.25) is 12.3 Å². The van der Waals surface area contributed by atoms with Gasteiger partial charge in [-0.2, -0.15) is 0 Å². The molecule has 0 aliphatic carbocycles. The Morgan fingerprint density at radius 3 is 2.71 bits per heavy atom. The third-order valence-corrected chi connectivity index (χ3v) is 1.99. The van der Waals surface area contributed by atoms with Crippen molar-refractivity contribution >= 4 is 23.7 Å². The van der Waals surface area contributed by atoms with Crippen molar-refractivity contribution in [3.8, 4) is 5.75 Å². The Hall–Kier alpha value is -2.08. The molecule has 0 bridgehead atoms. The maximum absolute atomic E-state index is 11.3. The molecule has 0 spiro atoms. The minimum atomic E-state index is -0.299. The molecule has 1 aromatic carbocycles. The first-order valence-corrected chi connectivity index (χ1v) is 4.88. The zero-order valence-electron chi connectivity index (χ0n) is 9.65. The lowest BCUT2D eigenvalue weighted by Gasteiger charge is -2.11. The average molecular weight is 238 g/mol. The summed E-state index contributed by atoms with van der Waals surface area (Å²) >= 11 is 0. The topological polar surface area (TPSA) is 76.7 Å². The summed E-state index contributed by atoms with van der Waals surface area (Å²) in [6.45, 7) is -0.0490. The largest absolute Gasteiger partial charge is 0.497 e. The fourth-order valence-electron chi connectivity index (χ4n) is 1.26. The highest BCUT2D eigenvalue weighted by Crippen LogP contribution is 2.26. The van der Waals surface area contributed by atoms with E-state index in [1.807, 2.05) is 0 Å². The molecule has 0 atom stereocenters. The van der Waals surface area contributed by atoms with Gasteiger partial charge in [0.15, 0.2) is 0 Å². The third kappa shape index (κ3) is 3.76. The van der Waals surface area contributed by atoms with Crippen molar-refractivity contribution < 1.29 is 19.1 Å². The maximum Gasteiger partial charge on any atom is 0.250 e. The van der Waals surface area contributed by atoms with Gasteiger partial charge in [0.25, 0.3) is 0 Å². The van der Waals surface area contributed by atoms with Crippen LogP contribution < -0.4 is 15.4 Å². The van der Waals surface area contributed by atoms with Gasteiger partial charge in [-0.25, -0.2) is 0 Å². The molecule has 0 radical (unpaired) electrons. The lowest BCUT2D eigenvalue weighted by Crippen LogP contribution is -2.18. The van der Waals surface area contributed by atoms with Gasteiger partial charge in [0.1, 0.15) is 12.4 Å². The van der Waals surface area contributed by atoms with Crippen molar-refractivity contribution in [2.45, 2.75) is 0 Å². The van der Waals surface area contributed by atoms with Gasteiger partial charge < -0.3 is 20.1 Å². The summed E-state index contributed by atoms with van der Waals surface area (Å²) < 4.78 is 9.71. The molecule has 2 N–H and O–H groups in total. The van der Waals surface area contributed by atoms with Crippen LogP contribution in [0.3, 0.4) is 0 Å². The molecule has 6 heteroatoms. The molecule has 0 saturated carbocycles. The molecule has 0 aliphatic heterocycles. The van der Waals surface area contributed by atoms with Crippen LogP contribution >= 0.6 is 0 Å². The number of amides is 2. The van der Waals surface area contributed by atoms with Crippen molar-refractivity contribution in [3.63, 3.8) is 0 Å². The highest BCUT2D eigenvalue weighted by atomic mass is 16.5. The second-order valence-corrected chi connectivity index (χ2v) is 3.15. The predicted molar refractivity (Wildman–Crippen MR) is 63.2 cm³/mol. The fourth-order valence-corrected chi connectivity index (χ4v) is 1.26. The molecule has 6 nitrogen and oxygen atoms in total. The van der Waals surface area contributed by atoms with E-state index in [0.717, 1.165) is 0 Å². The fraction of sp³-hybridized carbons (Fsp3) is 0.273. The highest BCUT2D eigenvalue weighted by molar-refractivity contribution is 5.96. The van der Waals surface area contributed by atoms with Crippen LogP contribution in [0.1, 0.15) is 0 Å². The van der Waals surface area contributed by atoms with E-state index >= 15 is 0 Å². The number of benzene rings is 1. The van der Waals surface area contributed by atoms with E-state index in [4.69, 9.17) is 9.47 Å². The number of carbonyl (C=O) groups excluding carboxylic acids is 2. The summed E-state index contributed by atoms with van der Waals surface area (Å²) in [5.74, 6) is 0.283. The molecule has 1 aromatic rings. The molecule has 17 heavy (non-hydrogen) atoms. The second kappa shape index (κ2) is 6.49. The van der Waals surface area contributed by atoms with Gasteiger partial charge in [0.05, 0.1) is 18.5 Å². The van der Waals surface area contributed by atoms with Crippen molar-refractivity contribution in [1.29, 1.82) is 0 Å². The van der Waals surface area contributed by atoms with Crippen molar-refractivity contribution in [1.82, 2.24) is 0 Å². The van der Waals surface area contributed by atoms with Crippen LogP contribution in [0.4, 0.5) is 11.4 Å². The van der Waals surface area contributed by atoms with Crippen LogP contribution in [0.15, 0.2) is 18.2 Å². The summed E-state index contributed by atoms with van der Waals surface area (Å²) in [7, 11) is 2.95. The molecule has 1 rings (SSSR count). The molecule has 92 valence electrons. The van der Waals surface area contributed by atoms with E-state index in [1.165, 1.54) is 14.2 Å². The van der Waals surface area contributed by atoms with Gasteiger partial charge >= 0.3 is 0 Å². The van der Waals surface area contributed by atoms with E-state index in [0.29, 0.717) is 23.5 Å². The lowest BCUT2D eigenvalue weighted by molar-refractivity contribution is -0.119. The second-order valence-electron chi connectivity index (χ2n) is 3.15. The standard InChI is InChI=1S/C11H14N2O4/c1-16-6-11(15)13-9-4-3-8(17-2)5-10(9)12-7-14/h3-5,7H,6H2,1-2H3,(H,12,14)(H,13,15). The number of rotatable bonds is 6. The monoisotopic (exact) mass is 238 g/mol. The summed E-state index contributed by atoms with van der Waals surface area (Å²) in [4.78, 5) is 21.8. The zero-order valence-corrected chi connectivity index (χ0v) is 9.65. The molecule has 0 aromatic heterocycles. The first-order valence-electron chi connectivity index (χ1n) is 4.88. The maximum atomic E-state index is 11.3. The SMILES string of the molecule is COCC(=O)Nc1ccc(OC)cc1NC=O. The Bertz CT molecular complexity index is 406. The first-order chi connectivity index (χ1) is 8.21. The van der Waals surface area contributed by atoms with Crippen molar-refractivity contribution in [2.75, 3.05) is 31.5 Å². The average Bonchev–Trinajstić information content (AvgIpc) is 2.32. The van der Waals surface area contributed by atoms with Gasteiger partial charge in [-0.15, -0.1) is 0 Å². The Kier molecular flexibility index (Phi) is 4.96. The van der Waals surface area contributed by atoms with Gasteiger partial charge in [-0.1, -0.05) is 0 Å². The van der Waals surface area contributed by atoms with Crippen LogP contribution in [-0.2, 0) is 14.3 Å². The highest BCUT2D eigenvalue weighted by Gasteiger charge is 2.07. The van der Waals surface area contributed by atoms with E-state index in [1.54, 1.807) is 18.2 Å². The molecule has 0 heterocycles. The zero-order chi connectivity index (χ0) is 12.7. The number of ether oxygens (including phenoxy) is 2. The summed E-state index contributed by atoms with van der Waals surface area (Å²) in [6, 6.07) is 4.92. The van der Waals surface area contributed by atoms with Crippen molar-refractivity contribution in [2.24, 2.45) is 0 Å². The molecular formula is C11H14N2O4. The number of carbonyl (C=O) groups is 2. The summed E-state index contributed by atoms with van der Waals surface area (Å²) in [6.07, 6.45) is 0.529. The summed E-state index contributed by atoms with van der Waals surface area (Å²) in [5.41, 5.74) is 0.948. The quantitative estimate of drug-likeness (QED) is 0.720. The molecule has 2 amide bonds. The number of hydrogen-bond acceptors (Lipinski definition) is 4. The number of hydrogen-bond donors (Lipinski definition) is 2. The van der Waals surface area contributed by atoms with E-state index in [2.05, 4.69) is 10.6 Å². The number of nitrogens with one attached hydrogen (secondary N) is 2. The molecule has 0 saturated heterocycles. The van der Waals surface area contributed by atoms with Gasteiger partial charge in [-0.3, -0.25) is 9.59 Å². The minimum Gasteiger partial charge on any atom is -0.497 e. The van der Waals surface area contributed by atoms with Crippen LogP contribution in [0, 0.1) is 0 Å². The van der Waals surface area contributed by atoms with E-state index in [-0.39, 0.29) is 12.5 Å². The van der Waals surface area contributed by atoms with E-state index in [9.17, 15) is 9.59 Å². The number of anilines is 2. The Balaban J connectivity index is 2.89. The molecule has 0 unspecified atom stereocenters. The molecular weight excluding hydrogens is 224 g/mol. The first kappa shape index (κ1) is 13.0. The van der Waals surface area contributed by atoms with E-state index < -0.39 is 0 Å². The molecule has 0 fully saturated rings. The van der Waals surface area contributed by atoms with Crippen LogP contribution in [-0.4, -0.2) is 33.1 Å².